The zero-order chi connectivity index (χ0) is 14.7. The SMILES string of the molecule is O=C(Nc1ccncn1)N1CCOc2ccc(Br)cc2C1. The van der Waals surface area contributed by atoms with Gasteiger partial charge < -0.3 is 9.64 Å². The molecule has 21 heavy (non-hydrogen) atoms. The number of nitrogens with zero attached hydrogens (tertiary/aromatic N) is 3. The van der Waals surface area contributed by atoms with Crippen molar-refractivity contribution in [2.24, 2.45) is 0 Å². The topological polar surface area (TPSA) is 67.4 Å². The molecule has 1 aromatic carbocycles. The quantitative estimate of drug-likeness (QED) is 0.860. The molecule has 0 fully saturated rings. The van der Waals surface area contributed by atoms with Crippen LogP contribution < -0.4 is 10.1 Å². The molecule has 7 heteroatoms. The van der Waals surface area contributed by atoms with Gasteiger partial charge in [0.2, 0.25) is 0 Å². The fourth-order valence-corrected chi connectivity index (χ4v) is 2.50. The van der Waals surface area contributed by atoms with Gasteiger partial charge in [0.05, 0.1) is 13.1 Å². The summed E-state index contributed by atoms with van der Waals surface area (Å²) in [5.41, 5.74) is 0.972. The highest BCUT2D eigenvalue weighted by Crippen LogP contribution is 2.26. The molecule has 0 saturated carbocycles. The fraction of sp³-hybridized carbons (Fsp3) is 0.214. The average Bonchev–Trinajstić information content (AvgIpc) is 2.70. The smallest absolute Gasteiger partial charge is 0.323 e. The third-order valence-corrected chi connectivity index (χ3v) is 3.60. The first kappa shape index (κ1) is 13.8. The number of carbonyl (C=O) groups is 1. The summed E-state index contributed by atoms with van der Waals surface area (Å²) < 4.78 is 6.63. The van der Waals surface area contributed by atoms with Gasteiger partial charge in [0, 0.05) is 16.2 Å². The molecule has 2 aromatic rings. The van der Waals surface area contributed by atoms with Crippen LogP contribution in [-0.4, -0.2) is 34.1 Å². The van der Waals surface area contributed by atoms with Crippen molar-refractivity contribution >= 4 is 27.8 Å². The number of anilines is 1. The van der Waals surface area contributed by atoms with Crippen LogP contribution in [-0.2, 0) is 6.54 Å². The molecule has 0 bridgehead atoms. The van der Waals surface area contributed by atoms with E-state index in [0.717, 1.165) is 15.8 Å². The molecule has 108 valence electrons. The summed E-state index contributed by atoms with van der Waals surface area (Å²) in [5.74, 6) is 1.30. The molecule has 1 aliphatic rings. The number of hydrogen-bond donors (Lipinski definition) is 1. The van der Waals surface area contributed by atoms with E-state index >= 15 is 0 Å². The molecule has 1 aliphatic heterocycles. The molecule has 6 nitrogen and oxygen atoms in total. The van der Waals surface area contributed by atoms with E-state index in [-0.39, 0.29) is 6.03 Å². The van der Waals surface area contributed by atoms with Crippen molar-refractivity contribution in [1.82, 2.24) is 14.9 Å². The Labute approximate surface area is 130 Å². The second-order valence-corrected chi connectivity index (χ2v) is 5.46. The predicted molar refractivity (Wildman–Crippen MR) is 81.1 cm³/mol. The Morgan fingerprint density at radius 3 is 3.10 bits per heavy atom. The number of fused-ring (bicyclic) bond motifs is 1. The summed E-state index contributed by atoms with van der Waals surface area (Å²) >= 11 is 3.44. The van der Waals surface area contributed by atoms with E-state index in [1.807, 2.05) is 18.2 Å². The number of aromatic nitrogens is 2. The largest absolute Gasteiger partial charge is 0.491 e. The van der Waals surface area contributed by atoms with Crippen molar-refractivity contribution in [2.75, 3.05) is 18.5 Å². The first-order valence-corrected chi connectivity index (χ1v) is 7.25. The molecule has 3 rings (SSSR count). The van der Waals surface area contributed by atoms with E-state index in [4.69, 9.17) is 4.74 Å². The minimum absolute atomic E-state index is 0.204. The monoisotopic (exact) mass is 348 g/mol. The zero-order valence-electron chi connectivity index (χ0n) is 11.1. The van der Waals surface area contributed by atoms with Gasteiger partial charge in [0.1, 0.15) is 24.5 Å². The van der Waals surface area contributed by atoms with Gasteiger partial charge in [-0.15, -0.1) is 0 Å². The van der Waals surface area contributed by atoms with E-state index in [2.05, 4.69) is 31.2 Å². The van der Waals surface area contributed by atoms with Crippen LogP contribution in [0.4, 0.5) is 10.6 Å². The van der Waals surface area contributed by atoms with Crippen LogP contribution in [0.3, 0.4) is 0 Å². The summed E-state index contributed by atoms with van der Waals surface area (Å²) in [6.07, 6.45) is 2.98. The molecule has 1 aromatic heterocycles. The Morgan fingerprint density at radius 2 is 2.29 bits per heavy atom. The first-order valence-electron chi connectivity index (χ1n) is 6.45. The van der Waals surface area contributed by atoms with Crippen LogP contribution in [0.2, 0.25) is 0 Å². The lowest BCUT2D eigenvalue weighted by molar-refractivity contribution is 0.200. The molecule has 0 saturated heterocycles. The van der Waals surface area contributed by atoms with Crippen molar-refractivity contribution in [3.05, 3.63) is 46.8 Å². The first-order chi connectivity index (χ1) is 10.2. The van der Waals surface area contributed by atoms with Crippen LogP contribution in [0.25, 0.3) is 0 Å². The van der Waals surface area contributed by atoms with Crippen LogP contribution in [0.5, 0.6) is 5.75 Å². The number of ether oxygens (including phenoxy) is 1. The number of rotatable bonds is 1. The van der Waals surface area contributed by atoms with E-state index in [1.165, 1.54) is 6.33 Å². The van der Waals surface area contributed by atoms with Crippen LogP contribution >= 0.6 is 15.9 Å². The molecular weight excluding hydrogens is 336 g/mol. The molecule has 0 atom stereocenters. The number of urea groups is 1. The van der Waals surface area contributed by atoms with Gasteiger partial charge in [0.25, 0.3) is 0 Å². The average molecular weight is 349 g/mol. The molecular formula is C14H13BrN4O2. The van der Waals surface area contributed by atoms with E-state index in [1.54, 1.807) is 17.2 Å². The normalized spacial score (nSPS) is 13.9. The number of hydrogen-bond acceptors (Lipinski definition) is 4. The Balaban J connectivity index is 1.75. The molecule has 1 N–H and O–H groups in total. The highest BCUT2D eigenvalue weighted by Gasteiger charge is 2.20. The van der Waals surface area contributed by atoms with Crippen LogP contribution in [0.15, 0.2) is 41.3 Å². The maximum absolute atomic E-state index is 12.3. The van der Waals surface area contributed by atoms with Crippen LogP contribution in [0, 0.1) is 0 Å². The highest BCUT2D eigenvalue weighted by molar-refractivity contribution is 9.10. The Hall–Kier alpha value is -2.15. The second-order valence-electron chi connectivity index (χ2n) is 4.55. The third-order valence-electron chi connectivity index (χ3n) is 3.11. The lowest BCUT2D eigenvalue weighted by atomic mass is 10.2. The molecule has 0 radical (unpaired) electrons. The maximum atomic E-state index is 12.3. The van der Waals surface area contributed by atoms with Gasteiger partial charge in [0.15, 0.2) is 0 Å². The van der Waals surface area contributed by atoms with Crippen molar-refractivity contribution < 1.29 is 9.53 Å². The summed E-state index contributed by atoms with van der Waals surface area (Å²) in [4.78, 5) is 21.8. The maximum Gasteiger partial charge on any atom is 0.323 e. The number of nitrogens with one attached hydrogen (secondary N) is 1. The molecule has 0 unspecified atom stereocenters. The van der Waals surface area contributed by atoms with Crippen molar-refractivity contribution in [1.29, 1.82) is 0 Å². The molecule has 0 aliphatic carbocycles. The minimum Gasteiger partial charge on any atom is -0.491 e. The van der Waals surface area contributed by atoms with Crippen LogP contribution in [0.1, 0.15) is 5.56 Å². The van der Waals surface area contributed by atoms with Crippen molar-refractivity contribution in [3.63, 3.8) is 0 Å². The second kappa shape index (κ2) is 6.09. The van der Waals surface area contributed by atoms with E-state index in [9.17, 15) is 4.79 Å². The Kier molecular flexibility index (Phi) is 4.01. The van der Waals surface area contributed by atoms with Crippen molar-refractivity contribution in [2.45, 2.75) is 6.54 Å². The summed E-state index contributed by atoms with van der Waals surface area (Å²) in [7, 11) is 0. The number of carbonyl (C=O) groups excluding carboxylic acids is 1. The molecule has 0 spiro atoms. The summed E-state index contributed by atoms with van der Waals surface area (Å²) in [6, 6.07) is 7.24. The van der Waals surface area contributed by atoms with E-state index in [0.29, 0.717) is 25.5 Å². The lowest BCUT2D eigenvalue weighted by Gasteiger charge is -2.20. The fourth-order valence-electron chi connectivity index (χ4n) is 2.09. The van der Waals surface area contributed by atoms with Gasteiger partial charge in [-0.25, -0.2) is 14.8 Å². The van der Waals surface area contributed by atoms with Gasteiger partial charge in [-0.2, -0.15) is 0 Å². The van der Waals surface area contributed by atoms with Gasteiger partial charge >= 0.3 is 6.03 Å². The van der Waals surface area contributed by atoms with Crippen molar-refractivity contribution in [3.8, 4) is 5.75 Å². The Morgan fingerprint density at radius 1 is 1.38 bits per heavy atom. The van der Waals surface area contributed by atoms with Gasteiger partial charge in [-0.3, -0.25) is 5.32 Å². The van der Waals surface area contributed by atoms with E-state index < -0.39 is 0 Å². The summed E-state index contributed by atoms with van der Waals surface area (Å²) in [5, 5.41) is 2.75. The Bertz CT molecular complexity index is 651. The van der Waals surface area contributed by atoms with Gasteiger partial charge in [-0.05, 0) is 24.3 Å². The summed E-state index contributed by atoms with van der Waals surface area (Å²) in [6.45, 7) is 1.47. The minimum atomic E-state index is -0.204. The third kappa shape index (κ3) is 3.30. The standard InChI is InChI=1S/C14H13BrN4O2/c15-11-1-2-12-10(7-11)8-19(5-6-21-12)14(20)18-13-3-4-16-9-17-13/h1-4,7,9H,5-6,8H2,(H,16,17,18,20). The number of benzene rings is 1. The zero-order valence-corrected chi connectivity index (χ0v) is 12.7. The highest BCUT2D eigenvalue weighted by atomic mass is 79.9. The molecule has 2 heterocycles. The number of halogens is 1. The lowest BCUT2D eigenvalue weighted by Crippen LogP contribution is -2.36. The molecule has 2 amide bonds. The predicted octanol–water partition coefficient (Wildman–Crippen LogP) is 2.67. The van der Waals surface area contributed by atoms with Gasteiger partial charge in [-0.1, -0.05) is 15.9 Å². The number of amides is 2.